The average molecular weight is 397 g/mol. The van der Waals surface area contributed by atoms with Crippen molar-refractivity contribution in [3.05, 3.63) is 106 Å². The van der Waals surface area contributed by atoms with E-state index < -0.39 is 23.2 Å². The van der Waals surface area contributed by atoms with E-state index in [1.54, 1.807) is 12.1 Å². The Bertz CT molecular complexity index is 1080. The predicted octanol–water partition coefficient (Wildman–Crippen LogP) is 2.18. The molecule has 0 fully saturated rings. The van der Waals surface area contributed by atoms with E-state index in [1.807, 2.05) is 0 Å². The van der Waals surface area contributed by atoms with Gasteiger partial charge in [-0.25, -0.2) is 8.78 Å². The van der Waals surface area contributed by atoms with E-state index >= 15 is 0 Å². The Kier molecular flexibility index (Phi) is 6.13. The van der Waals surface area contributed by atoms with Gasteiger partial charge < -0.3 is 4.57 Å². The summed E-state index contributed by atoms with van der Waals surface area (Å²) in [5.74, 6) is -2.09. The minimum Gasteiger partial charge on any atom is -0.310 e. The third-order valence-corrected chi connectivity index (χ3v) is 4.12. The highest BCUT2D eigenvalue weighted by Gasteiger charge is 2.13. The molecule has 2 N–H and O–H groups in total. The van der Waals surface area contributed by atoms with E-state index in [0.29, 0.717) is 11.1 Å². The molecule has 1 heterocycles. The lowest BCUT2D eigenvalue weighted by molar-refractivity contribution is -0.121. The first-order chi connectivity index (χ1) is 13.9. The van der Waals surface area contributed by atoms with Crippen molar-refractivity contribution >= 4 is 11.8 Å². The molecule has 3 rings (SSSR count). The summed E-state index contributed by atoms with van der Waals surface area (Å²) in [7, 11) is 0. The fourth-order valence-corrected chi connectivity index (χ4v) is 2.65. The maximum atomic E-state index is 13.0. The largest absolute Gasteiger partial charge is 0.310 e. The fourth-order valence-electron chi connectivity index (χ4n) is 2.65. The fraction of sp³-hybridized carbons (Fsp3) is 0.0952. The van der Waals surface area contributed by atoms with Gasteiger partial charge in [0, 0.05) is 6.20 Å². The maximum absolute atomic E-state index is 13.0. The number of nitrogens with one attached hydrogen (secondary N) is 2. The Hall–Kier alpha value is -3.81. The van der Waals surface area contributed by atoms with Gasteiger partial charge in [-0.15, -0.1) is 0 Å². The van der Waals surface area contributed by atoms with Gasteiger partial charge in [-0.3, -0.25) is 25.2 Å². The van der Waals surface area contributed by atoms with Crippen LogP contribution in [0.4, 0.5) is 8.78 Å². The first kappa shape index (κ1) is 19.9. The summed E-state index contributed by atoms with van der Waals surface area (Å²) in [6.45, 7) is 0.164. The van der Waals surface area contributed by atoms with Gasteiger partial charge in [0.15, 0.2) is 0 Å². The number of halogens is 2. The first-order valence-electron chi connectivity index (χ1n) is 8.70. The minimum absolute atomic E-state index is 0.0653. The summed E-state index contributed by atoms with van der Waals surface area (Å²) < 4.78 is 27.2. The second-order valence-electron chi connectivity index (χ2n) is 6.29. The van der Waals surface area contributed by atoms with Crippen molar-refractivity contribution in [2.45, 2.75) is 13.0 Å². The molecule has 6 nitrogen and oxygen atoms in total. The topological polar surface area (TPSA) is 80.2 Å². The Morgan fingerprint density at radius 2 is 1.41 bits per heavy atom. The zero-order valence-electron chi connectivity index (χ0n) is 15.2. The van der Waals surface area contributed by atoms with E-state index in [-0.39, 0.29) is 24.3 Å². The van der Waals surface area contributed by atoms with Crippen molar-refractivity contribution in [2.24, 2.45) is 0 Å². The highest BCUT2D eigenvalue weighted by Crippen LogP contribution is 2.05. The number of hydrogen-bond donors (Lipinski definition) is 2. The second-order valence-corrected chi connectivity index (χ2v) is 6.29. The molecule has 0 saturated carbocycles. The number of aromatic nitrogens is 1. The molecule has 0 spiro atoms. The van der Waals surface area contributed by atoms with Crippen LogP contribution in [0.2, 0.25) is 0 Å². The highest BCUT2D eigenvalue weighted by molar-refractivity contribution is 5.95. The van der Waals surface area contributed by atoms with Gasteiger partial charge >= 0.3 is 0 Å². The number of carbonyl (C=O) groups is 2. The summed E-state index contributed by atoms with van der Waals surface area (Å²) in [6, 6.07) is 13.9. The van der Waals surface area contributed by atoms with Gasteiger partial charge in [-0.2, -0.15) is 0 Å². The summed E-state index contributed by atoms with van der Waals surface area (Å²) >= 11 is 0. The van der Waals surface area contributed by atoms with Gasteiger partial charge in [0.25, 0.3) is 11.5 Å². The van der Waals surface area contributed by atoms with Gasteiger partial charge in [-0.1, -0.05) is 24.3 Å². The molecule has 0 radical (unpaired) electrons. The molecule has 0 bridgehead atoms. The van der Waals surface area contributed by atoms with Gasteiger partial charge in [0.1, 0.15) is 17.2 Å². The molecule has 8 heteroatoms. The molecule has 148 valence electrons. The summed E-state index contributed by atoms with van der Waals surface area (Å²) in [4.78, 5) is 36.7. The third-order valence-electron chi connectivity index (χ3n) is 4.12. The van der Waals surface area contributed by atoms with Crippen molar-refractivity contribution in [3.8, 4) is 0 Å². The predicted molar refractivity (Wildman–Crippen MR) is 102 cm³/mol. The Morgan fingerprint density at radius 1 is 0.828 bits per heavy atom. The van der Waals surface area contributed by atoms with E-state index in [2.05, 4.69) is 10.9 Å². The lowest BCUT2D eigenvalue weighted by Gasteiger charge is -2.10. The Labute approximate surface area is 164 Å². The Balaban J connectivity index is 1.63. The van der Waals surface area contributed by atoms with Crippen LogP contribution in [0.1, 0.15) is 21.5 Å². The number of nitrogens with zero attached hydrogens (tertiary/aromatic N) is 1. The van der Waals surface area contributed by atoms with E-state index in [4.69, 9.17) is 0 Å². The van der Waals surface area contributed by atoms with Crippen LogP contribution < -0.4 is 16.4 Å². The van der Waals surface area contributed by atoms with E-state index in [1.165, 1.54) is 59.3 Å². The second kappa shape index (κ2) is 8.92. The summed E-state index contributed by atoms with van der Waals surface area (Å²) in [5.41, 5.74) is 4.97. The van der Waals surface area contributed by atoms with Crippen LogP contribution in [0.25, 0.3) is 0 Å². The van der Waals surface area contributed by atoms with Crippen molar-refractivity contribution < 1.29 is 18.4 Å². The van der Waals surface area contributed by atoms with Crippen LogP contribution in [-0.4, -0.2) is 16.4 Å². The smallest absolute Gasteiger partial charge is 0.275 e. The molecule has 2 aromatic carbocycles. The summed E-state index contributed by atoms with van der Waals surface area (Å²) in [5, 5.41) is 0. The molecule has 0 aliphatic heterocycles. The average Bonchev–Trinajstić information content (AvgIpc) is 2.71. The number of carbonyl (C=O) groups excluding carboxylic acids is 2. The number of pyridine rings is 1. The van der Waals surface area contributed by atoms with Crippen LogP contribution in [-0.2, 0) is 17.8 Å². The highest BCUT2D eigenvalue weighted by atomic mass is 19.1. The molecular formula is C21H17F2N3O3. The van der Waals surface area contributed by atoms with E-state index in [0.717, 1.165) is 0 Å². The van der Waals surface area contributed by atoms with Gasteiger partial charge in [0.05, 0.1) is 13.0 Å². The van der Waals surface area contributed by atoms with Crippen molar-refractivity contribution in [1.29, 1.82) is 0 Å². The van der Waals surface area contributed by atoms with Crippen LogP contribution in [0.5, 0.6) is 0 Å². The van der Waals surface area contributed by atoms with Crippen molar-refractivity contribution in [3.63, 3.8) is 0 Å². The van der Waals surface area contributed by atoms with Gasteiger partial charge in [0.2, 0.25) is 5.91 Å². The van der Waals surface area contributed by atoms with E-state index in [9.17, 15) is 23.2 Å². The molecule has 0 aliphatic carbocycles. The lowest BCUT2D eigenvalue weighted by atomic mass is 10.1. The minimum atomic E-state index is -0.768. The third kappa shape index (κ3) is 5.35. The van der Waals surface area contributed by atoms with Gasteiger partial charge in [-0.05, 0) is 47.5 Å². The molecule has 0 unspecified atom stereocenters. The number of benzene rings is 2. The zero-order valence-corrected chi connectivity index (χ0v) is 15.2. The van der Waals surface area contributed by atoms with Crippen LogP contribution in [0.3, 0.4) is 0 Å². The standard InChI is InChI=1S/C21H17F2N3O3/c22-16-7-3-14(4-8-16)12-19(27)24-25-20(28)18-2-1-11-26(21(18)29)13-15-5-9-17(23)10-6-15/h1-11H,12-13H2,(H,24,27)(H,25,28). The number of rotatable bonds is 5. The zero-order chi connectivity index (χ0) is 20.8. The quantitative estimate of drug-likeness (QED) is 0.648. The molecular weight excluding hydrogens is 380 g/mol. The number of hydrogen-bond acceptors (Lipinski definition) is 3. The molecule has 0 aliphatic rings. The molecule has 1 aromatic heterocycles. The normalized spacial score (nSPS) is 10.4. The van der Waals surface area contributed by atoms with Crippen LogP contribution in [0.15, 0.2) is 71.7 Å². The monoisotopic (exact) mass is 397 g/mol. The Morgan fingerprint density at radius 3 is 2.03 bits per heavy atom. The lowest BCUT2D eigenvalue weighted by Crippen LogP contribution is -2.44. The first-order valence-corrected chi connectivity index (χ1v) is 8.70. The molecule has 3 aromatic rings. The molecule has 29 heavy (non-hydrogen) atoms. The molecule has 0 atom stereocenters. The molecule has 0 saturated heterocycles. The van der Waals surface area contributed by atoms with Crippen molar-refractivity contribution in [1.82, 2.24) is 15.4 Å². The summed E-state index contributed by atoms with van der Waals surface area (Å²) in [6.07, 6.45) is 1.44. The SMILES string of the molecule is O=C(Cc1ccc(F)cc1)NNC(=O)c1cccn(Cc2ccc(F)cc2)c1=O. The number of amides is 2. The maximum Gasteiger partial charge on any atom is 0.275 e. The van der Waals surface area contributed by atoms with Crippen LogP contribution >= 0.6 is 0 Å². The van der Waals surface area contributed by atoms with Crippen LogP contribution in [0, 0.1) is 11.6 Å². The number of hydrazine groups is 1. The van der Waals surface area contributed by atoms with Crippen molar-refractivity contribution in [2.75, 3.05) is 0 Å². The molecule has 2 amide bonds.